The van der Waals surface area contributed by atoms with E-state index in [-0.39, 0.29) is 0 Å². The fourth-order valence-electron chi connectivity index (χ4n) is 4.22. The van der Waals surface area contributed by atoms with Crippen molar-refractivity contribution in [1.29, 1.82) is 0 Å². The molecule has 5 aromatic rings. The number of carbonyl (C=O) groups is 1. The minimum absolute atomic E-state index is 0.409. The van der Waals surface area contributed by atoms with Crippen molar-refractivity contribution < 1.29 is 9.63 Å². The third-order valence-corrected chi connectivity index (χ3v) is 7.14. The van der Waals surface area contributed by atoms with Crippen LogP contribution in [-0.2, 0) is 0 Å². The smallest absolute Gasteiger partial charge is 0.365 e. The van der Waals surface area contributed by atoms with Crippen molar-refractivity contribution in [1.82, 2.24) is 25.4 Å². The molecule has 8 nitrogen and oxygen atoms in total. The molecule has 9 heteroatoms. The van der Waals surface area contributed by atoms with Crippen LogP contribution in [0.3, 0.4) is 0 Å². The van der Waals surface area contributed by atoms with Gasteiger partial charge in [-0.05, 0) is 73.0 Å². The van der Waals surface area contributed by atoms with Gasteiger partial charge in [0.2, 0.25) is 0 Å². The molecule has 1 fully saturated rings. The molecule has 0 bridgehead atoms. The van der Waals surface area contributed by atoms with E-state index in [1.54, 1.807) is 24.3 Å². The molecule has 1 aliphatic rings. The zero-order valence-electron chi connectivity index (χ0n) is 18.9. The monoisotopic (exact) mass is 482 g/mol. The molecule has 0 spiro atoms. The van der Waals surface area contributed by atoms with Gasteiger partial charge in [-0.1, -0.05) is 40.4 Å². The lowest BCUT2D eigenvalue weighted by atomic mass is 10.1. The number of carbonyl (C=O) groups excluding carboxylic acids is 1. The van der Waals surface area contributed by atoms with E-state index in [9.17, 15) is 4.79 Å². The zero-order chi connectivity index (χ0) is 23.6. The molecule has 35 heavy (non-hydrogen) atoms. The van der Waals surface area contributed by atoms with Crippen LogP contribution in [0.1, 0.15) is 29.6 Å². The van der Waals surface area contributed by atoms with Gasteiger partial charge in [0, 0.05) is 29.9 Å². The molecule has 0 N–H and O–H groups in total. The normalized spacial score (nSPS) is 13.8. The summed E-state index contributed by atoms with van der Waals surface area (Å²) < 4.78 is 0. The summed E-state index contributed by atoms with van der Waals surface area (Å²) in [4.78, 5) is 21.6. The number of nitrogens with zero attached hydrogens (tertiary/aromatic N) is 6. The van der Waals surface area contributed by atoms with Gasteiger partial charge in [0.05, 0.1) is 5.56 Å². The largest absolute Gasteiger partial charge is 0.372 e. The molecular formula is C26H22N6O2S. The van der Waals surface area contributed by atoms with E-state index < -0.39 is 5.97 Å². The van der Waals surface area contributed by atoms with Crippen molar-refractivity contribution >= 4 is 34.0 Å². The van der Waals surface area contributed by atoms with E-state index in [0.717, 1.165) is 39.1 Å². The third kappa shape index (κ3) is 4.38. The van der Waals surface area contributed by atoms with Crippen LogP contribution in [0, 0.1) is 0 Å². The number of fused-ring (bicyclic) bond motifs is 1. The summed E-state index contributed by atoms with van der Waals surface area (Å²) >= 11 is 1.53. The molecule has 1 saturated heterocycles. The Hall–Kier alpha value is -4.11. The van der Waals surface area contributed by atoms with Gasteiger partial charge >= 0.3 is 5.97 Å². The topological polar surface area (TPSA) is 86.0 Å². The maximum atomic E-state index is 12.6. The summed E-state index contributed by atoms with van der Waals surface area (Å²) in [6.45, 7) is 2.25. The van der Waals surface area contributed by atoms with E-state index in [1.165, 1.54) is 36.3 Å². The van der Waals surface area contributed by atoms with Gasteiger partial charge in [-0.2, -0.15) is 0 Å². The van der Waals surface area contributed by atoms with Crippen LogP contribution in [0.4, 0.5) is 5.69 Å². The fraction of sp³-hybridized carbons (Fsp3) is 0.192. The van der Waals surface area contributed by atoms with Crippen LogP contribution in [0.15, 0.2) is 72.8 Å². The summed E-state index contributed by atoms with van der Waals surface area (Å²) in [5, 5.41) is 18.3. The van der Waals surface area contributed by atoms with E-state index in [0.29, 0.717) is 16.6 Å². The number of hydrogen-bond acceptors (Lipinski definition) is 8. The van der Waals surface area contributed by atoms with Gasteiger partial charge < -0.3 is 9.74 Å². The molecule has 0 amide bonds. The number of piperidine rings is 1. The lowest BCUT2D eigenvalue weighted by Crippen LogP contribution is -2.29. The predicted molar refractivity (Wildman–Crippen MR) is 135 cm³/mol. The maximum Gasteiger partial charge on any atom is 0.365 e. The van der Waals surface area contributed by atoms with Crippen molar-refractivity contribution in [3.8, 4) is 21.1 Å². The molecule has 3 heterocycles. The van der Waals surface area contributed by atoms with Gasteiger partial charge in [-0.3, -0.25) is 0 Å². The Morgan fingerprint density at radius 1 is 0.771 bits per heavy atom. The Kier molecular flexibility index (Phi) is 5.67. The lowest BCUT2D eigenvalue weighted by Gasteiger charge is -2.28. The van der Waals surface area contributed by atoms with Crippen molar-refractivity contribution in [3.05, 3.63) is 78.4 Å². The summed E-state index contributed by atoms with van der Waals surface area (Å²) in [7, 11) is 0. The quantitative estimate of drug-likeness (QED) is 0.330. The Balaban J connectivity index is 1.15. The molecule has 0 aliphatic carbocycles. The summed E-state index contributed by atoms with van der Waals surface area (Å²) in [6, 6.07) is 23.0. The standard InChI is InChI=1S/C26H22N6O2S/c33-26(34-32-23-7-3-2-6-22(23)27-30-32)20-10-8-18(9-11-20)24-28-29-25(35-24)19-12-14-21(15-13-19)31-16-4-1-5-17-31/h2-3,6-15H,1,4-5,16-17H2. The highest BCUT2D eigenvalue weighted by Gasteiger charge is 2.15. The van der Waals surface area contributed by atoms with Gasteiger partial charge in [0.1, 0.15) is 21.0 Å². The van der Waals surface area contributed by atoms with Crippen molar-refractivity contribution in [2.75, 3.05) is 18.0 Å². The van der Waals surface area contributed by atoms with Crippen LogP contribution in [0.5, 0.6) is 0 Å². The molecule has 3 aromatic carbocycles. The molecule has 1 aliphatic heterocycles. The second-order valence-corrected chi connectivity index (χ2v) is 9.39. The van der Waals surface area contributed by atoms with Gasteiger partial charge in [0.25, 0.3) is 0 Å². The second kappa shape index (κ2) is 9.27. The van der Waals surface area contributed by atoms with E-state index in [1.807, 2.05) is 24.3 Å². The van der Waals surface area contributed by atoms with Gasteiger partial charge in [-0.25, -0.2) is 4.79 Å². The van der Waals surface area contributed by atoms with Crippen LogP contribution in [-0.4, -0.2) is 44.4 Å². The maximum absolute atomic E-state index is 12.6. The number of para-hydroxylation sites is 1. The Morgan fingerprint density at radius 3 is 2.14 bits per heavy atom. The van der Waals surface area contributed by atoms with E-state index >= 15 is 0 Å². The first-order valence-electron chi connectivity index (χ1n) is 11.6. The van der Waals surface area contributed by atoms with Crippen LogP contribution in [0.2, 0.25) is 0 Å². The van der Waals surface area contributed by atoms with Crippen LogP contribution >= 0.6 is 11.3 Å². The van der Waals surface area contributed by atoms with Crippen molar-refractivity contribution in [2.45, 2.75) is 19.3 Å². The minimum Gasteiger partial charge on any atom is -0.372 e. The van der Waals surface area contributed by atoms with E-state index in [2.05, 4.69) is 49.7 Å². The SMILES string of the molecule is O=C(On1nnc2ccccc21)c1ccc(-c2nnc(-c3ccc(N4CCCCC4)cc3)s2)cc1. The predicted octanol–water partition coefficient (Wildman–Crippen LogP) is 4.88. The van der Waals surface area contributed by atoms with Crippen LogP contribution < -0.4 is 9.74 Å². The number of rotatable bonds is 5. The third-order valence-electron chi connectivity index (χ3n) is 6.12. The number of benzene rings is 3. The number of aromatic nitrogens is 5. The van der Waals surface area contributed by atoms with Gasteiger partial charge in [0.15, 0.2) is 0 Å². The zero-order valence-corrected chi connectivity index (χ0v) is 19.7. The highest BCUT2D eigenvalue weighted by atomic mass is 32.1. The molecule has 174 valence electrons. The average Bonchev–Trinajstić information content (AvgIpc) is 3.58. The van der Waals surface area contributed by atoms with E-state index in [4.69, 9.17) is 4.84 Å². The second-order valence-electron chi connectivity index (χ2n) is 8.41. The van der Waals surface area contributed by atoms with Crippen LogP contribution in [0.25, 0.3) is 32.2 Å². The molecule has 0 saturated carbocycles. The lowest BCUT2D eigenvalue weighted by molar-refractivity contribution is 0.0409. The highest BCUT2D eigenvalue weighted by Crippen LogP contribution is 2.31. The first-order valence-corrected chi connectivity index (χ1v) is 12.4. The van der Waals surface area contributed by atoms with Gasteiger partial charge in [-0.15, -0.1) is 15.3 Å². The number of hydrogen-bond donors (Lipinski definition) is 0. The molecule has 0 radical (unpaired) electrons. The summed E-state index contributed by atoms with van der Waals surface area (Å²) in [6.07, 6.45) is 3.84. The average molecular weight is 483 g/mol. The number of anilines is 1. The first-order chi connectivity index (χ1) is 17.2. The highest BCUT2D eigenvalue weighted by molar-refractivity contribution is 7.17. The fourth-order valence-corrected chi connectivity index (χ4v) is 5.07. The van der Waals surface area contributed by atoms with Crippen molar-refractivity contribution in [2.24, 2.45) is 0 Å². The molecule has 2 aromatic heterocycles. The minimum atomic E-state index is -0.515. The van der Waals surface area contributed by atoms with Crippen molar-refractivity contribution in [3.63, 3.8) is 0 Å². The summed E-state index contributed by atoms with van der Waals surface area (Å²) in [5.74, 6) is -0.515. The molecule has 6 rings (SSSR count). The molecule has 0 unspecified atom stereocenters. The summed E-state index contributed by atoms with van der Waals surface area (Å²) in [5.41, 5.74) is 4.90. The Labute approximate surface area is 205 Å². The molecule has 0 atom stereocenters. The first kappa shape index (κ1) is 21.4. The molecular weight excluding hydrogens is 460 g/mol. The Bertz CT molecular complexity index is 1470. The Morgan fingerprint density at radius 2 is 1.43 bits per heavy atom.